The third-order valence-electron chi connectivity index (χ3n) is 3.14. The molecule has 0 aromatic heterocycles. The summed E-state index contributed by atoms with van der Waals surface area (Å²) in [5.74, 6) is -0.523. The van der Waals surface area contributed by atoms with E-state index in [2.05, 4.69) is 6.58 Å². The van der Waals surface area contributed by atoms with E-state index in [1.165, 1.54) is 0 Å². The first kappa shape index (κ1) is 24.8. The molecule has 0 rings (SSSR count). The summed E-state index contributed by atoms with van der Waals surface area (Å²) in [5, 5.41) is 0. The fourth-order valence-corrected chi connectivity index (χ4v) is 2.59. The molecule has 8 nitrogen and oxygen atoms in total. The number of hydrogen-bond acceptors (Lipinski definition) is 10. The Morgan fingerprint density at radius 3 is 1.96 bits per heavy atom. The van der Waals surface area contributed by atoms with Crippen molar-refractivity contribution in [1.82, 2.24) is 0 Å². The van der Waals surface area contributed by atoms with Gasteiger partial charge in [-0.1, -0.05) is 6.58 Å². The Morgan fingerprint density at radius 2 is 1.46 bits per heavy atom. The topological polar surface area (TPSA) is 131 Å². The number of rotatable bonds is 14. The minimum Gasteiger partial charge on any atom is -0.460 e. The van der Waals surface area contributed by atoms with Crippen LogP contribution in [0.1, 0.15) is 12.8 Å². The summed E-state index contributed by atoms with van der Waals surface area (Å²) >= 11 is 3.12. The number of hydrogen-bond donors (Lipinski definition) is 2. The standard InChI is InChI=1S/C16H28N2O6S2/c1-4-14(19)22-9-11(24-16(21)13(18)6-8-26-3)10-23-15(20)12(17)5-7-25-2/h4,11-13H,1,5-10,17-18H2,2-3H3/t11?,12-,13-/m0/s1. The molecule has 0 aliphatic heterocycles. The predicted octanol–water partition coefficient (Wildman–Crippen LogP) is 0.331. The molecule has 0 aromatic carbocycles. The lowest BCUT2D eigenvalue weighted by molar-refractivity contribution is -0.166. The van der Waals surface area contributed by atoms with Gasteiger partial charge in [0.15, 0.2) is 6.10 Å². The quantitative estimate of drug-likeness (QED) is 0.235. The van der Waals surface area contributed by atoms with Gasteiger partial charge in [-0.25, -0.2) is 4.79 Å². The molecule has 0 amide bonds. The average Bonchev–Trinajstić information content (AvgIpc) is 2.64. The maximum atomic E-state index is 12.0. The minimum atomic E-state index is -0.969. The molecule has 0 spiro atoms. The van der Waals surface area contributed by atoms with Crippen LogP contribution < -0.4 is 11.5 Å². The highest BCUT2D eigenvalue weighted by Crippen LogP contribution is 2.06. The fourth-order valence-electron chi connectivity index (χ4n) is 1.61. The Balaban J connectivity index is 4.63. The first-order valence-electron chi connectivity index (χ1n) is 8.01. The Hall–Kier alpha value is -1.23. The molecule has 0 aromatic rings. The Kier molecular flexibility index (Phi) is 14.2. The van der Waals surface area contributed by atoms with Crippen LogP contribution in [0.15, 0.2) is 12.7 Å². The van der Waals surface area contributed by atoms with Crippen molar-refractivity contribution in [3.05, 3.63) is 12.7 Å². The maximum absolute atomic E-state index is 12.0. The second-order valence-electron chi connectivity index (χ2n) is 5.30. The van der Waals surface area contributed by atoms with Crippen molar-refractivity contribution in [2.24, 2.45) is 11.5 Å². The van der Waals surface area contributed by atoms with Gasteiger partial charge >= 0.3 is 17.9 Å². The normalized spacial score (nSPS) is 14.0. The predicted molar refractivity (Wildman–Crippen MR) is 104 cm³/mol. The molecule has 26 heavy (non-hydrogen) atoms. The number of thioether (sulfide) groups is 2. The van der Waals surface area contributed by atoms with Gasteiger partial charge in [0.05, 0.1) is 0 Å². The van der Waals surface area contributed by atoms with Crippen LogP contribution >= 0.6 is 23.5 Å². The van der Waals surface area contributed by atoms with Crippen LogP contribution in [0, 0.1) is 0 Å². The zero-order chi connectivity index (χ0) is 19.9. The Bertz CT molecular complexity index is 464. The molecular formula is C16H28N2O6S2. The monoisotopic (exact) mass is 408 g/mol. The van der Waals surface area contributed by atoms with Crippen molar-refractivity contribution >= 4 is 41.4 Å². The number of carbonyl (C=O) groups excluding carboxylic acids is 3. The molecule has 0 bridgehead atoms. The van der Waals surface area contributed by atoms with E-state index in [-0.39, 0.29) is 13.2 Å². The number of esters is 3. The highest BCUT2D eigenvalue weighted by molar-refractivity contribution is 7.98. The van der Waals surface area contributed by atoms with E-state index in [9.17, 15) is 14.4 Å². The first-order chi connectivity index (χ1) is 12.3. The second-order valence-corrected chi connectivity index (χ2v) is 7.27. The zero-order valence-corrected chi connectivity index (χ0v) is 16.8. The van der Waals surface area contributed by atoms with Gasteiger partial charge in [0.1, 0.15) is 25.3 Å². The van der Waals surface area contributed by atoms with Crippen LogP contribution in [-0.2, 0) is 28.6 Å². The van der Waals surface area contributed by atoms with E-state index in [0.717, 1.165) is 11.8 Å². The van der Waals surface area contributed by atoms with Crippen LogP contribution in [0.3, 0.4) is 0 Å². The van der Waals surface area contributed by atoms with Gasteiger partial charge in [0.2, 0.25) is 0 Å². The summed E-state index contributed by atoms with van der Waals surface area (Å²) in [7, 11) is 0. The van der Waals surface area contributed by atoms with Crippen molar-refractivity contribution in [2.75, 3.05) is 37.2 Å². The first-order valence-corrected chi connectivity index (χ1v) is 10.8. The van der Waals surface area contributed by atoms with Gasteiger partial charge < -0.3 is 25.7 Å². The van der Waals surface area contributed by atoms with E-state index in [0.29, 0.717) is 18.6 Å². The van der Waals surface area contributed by atoms with Gasteiger partial charge in [-0.15, -0.1) is 0 Å². The lowest BCUT2D eigenvalue weighted by atomic mass is 10.2. The molecule has 0 aliphatic carbocycles. The highest BCUT2D eigenvalue weighted by Gasteiger charge is 2.24. The third kappa shape index (κ3) is 11.4. The van der Waals surface area contributed by atoms with Crippen LogP contribution in [0.25, 0.3) is 0 Å². The SMILES string of the molecule is C=CC(=O)OCC(COC(=O)[C@@H](N)CCSC)OC(=O)[C@@H](N)CCSC. The Labute approximate surface area is 162 Å². The van der Waals surface area contributed by atoms with Gasteiger partial charge in [0.25, 0.3) is 0 Å². The average molecular weight is 409 g/mol. The van der Waals surface area contributed by atoms with Crippen molar-refractivity contribution in [3.63, 3.8) is 0 Å². The minimum absolute atomic E-state index is 0.279. The number of nitrogens with two attached hydrogens (primary N) is 2. The van der Waals surface area contributed by atoms with Gasteiger partial charge in [0, 0.05) is 6.08 Å². The fraction of sp³-hybridized carbons (Fsp3) is 0.688. The van der Waals surface area contributed by atoms with E-state index in [1.807, 2.05) is 12.5 Å². The molecule has 0 fully saturated rings. The molecule has 3 atom stereocenters. The van der Waals surface area contributed by atoms with E-state index < -0.39 is 36.1 Å². The van der Waals surface area contributed by atoms with Gasteiger partial charge in [-0.3, -0.25) is 9.59 Å². The second kappa shape index (κ2) is 14.9. The summed E-state index contributed by atoms with van der Waals surface area (Å²) < 4.78 is 15.2. The molecule has 1 unspecified atom stereocenters. The molecule has 0 radical (unpaired) electrons. The molecular weight excluding hydrogens is 380 g/mol. The highest BCUT2D eigenvalue weighted by atomic mass is 32.2. The molecule has 10 heteroatoms. The van der Waals surface area contributed by atoms with Crippen molar-refractivity contribution < 1.29 is 28.6 Å². The summed E-state index contributed by atoms with van der Waals surface area (Å²) in [6.45, 7) is 2.72. The summed E-state index contributed by atoms with van der Waals surface area (Å²) in [6, 6.07) is -1.57. The van der Waals surface area contributed by atoms with Gasteiger partial charge in [-0.2, -0.15) is 23.5 Å². The smallest absolute Gasteiger partial charge is 0.330 e. The number of carbonyl (C=O) groups is 3. The van der Waals surface area contributed by atoms with Crippen molar-refractivity contribution in [2.45, 2.75) is 31.0 Å². The largest absolute Gasteiger partial charge is 0.460 e. The van der Waals surface area contributed by atoms with Crippen LogP contribution in [0.2, 0.25) is 0 Å². The molecule has 0 saturated carbocycles. The van der Waals surface area contributed by atoms with Crippen LogP contribution in [0.4, 0.5) is 0 Å². The van der Waals surface area contributed by atoms with E-state index >= 15 is 0 Å². The lowest BCUT2D eigenvalue weighted by Gasteiger charge is -2.20. The molecule has 4 N–H and O–H groups in total. The van der Waals surface area contributed by atoms with Crippen LogP contribution in [-0.4, -0.2) is 73.3 Å². The lowest BCUT2D eigenvalue weighted by Crippen LogP contribution is -2.40. The van der Waals surface area contributed by atoms with Crippen molar-refractivity contribution in [3.8, 4) is 0 Å². The maximum Gasteiger partial charge on any atom is 0.330 e. The molecule has 150 valence electrons. The number of ether oxygens (including phenoxy) is 3. The van der Waals surface area contributed by atoms with E-state index in [1.54, 1.807) is 23.5 Å². The Morgan fingerprint density at radius 1 is 0.962 bits per heavy atom. The third-order valence-corrected chi connectivity index (χ3v) is 4.43. The van der Waals surface area contributed by atoms with E-state index in [4.69, 9.17) is 25.7 Å². The summed E-state index contributed by atoms with van der Waals surface area (Å²) in [5.41, 5.74) is 11.5. The van der Waals surface area contributed by atoms with Crippen molar-refractivity contribution in [1.29, 1.82) is 0 Å². The zero-order valence-electron chi connectivity index (χ0n) is 15.2. The van der Waals surface area contributed by atoms with Gasteiger partial charge in [-0.05, 0) is 36.9 Å². The summed E-state index contributed by atoms with van der Waals surface area (Å²) in [4.78, 5) is 35.1. The molecule has 0 aliphatic rings. The molecule has 0 saturated heterocycles. The summed E-state index contributed by atoms with van der Waals surface area (Å²) in [6.07, 6.45) is 4.72. The van der Waals surface area contributed by atoms with Crippen LogP contribution in [0.5, 0.6) is 0 Å². The molecule has 0 heterocycles.